The van der Waals surface area contributed by atoms with Gasteiger partial charge >= 0.3 is 0 Å². The number of benzene rings is 2. The maximum Gasteiger partial charge on any atom is 0.220 e. The number of amides is 1. The summed E-state index contributed by atoms with van der Waals surface area (Å²) in [7, 11) is 0. The molecule has 5 heteroatoms. The molecule has 5 nitrogen and oxygen atoms in total. The molecule has 29 heavy (non-hydrogen) atoms. The number of carbonyl (C=O) groups is 1. The number of unbranched alkanes of at least 4 members (excludes halogenated alkanes) is 1. The van der Waals surface area contributed by atoms with Gasteiger partial charge in [0.05, 0.1) is 12.8 Å². The summed E-state index contributed by atoms with van der Waals surface area (Å²) >= 11 is 0. The average molecular weight is 392 g/mol. The van der Waals surface area contributed by atoms with Gasteiger partial charge in [-0.1, -0.05) is 48.0 Å². The molecule has 1 N–H and O–H groups in total. The van der Waals surface area contributed by atoms with Crippen LogP contribution in [0.1, 0.15) is 37.1 Å². The molecule has 2 aromatic carbocycles. The Morgan fingerprint density at radius 3 is 2.62 bits per heavy atom. The number of hydrogen-bond acceptors (Lipinski definition) is 4. The van der Waals surface area contributed by atoms with Gasteiger partial charge in [-0.2, -0.15) is 0 Å². The monoisotopic (exact) mass is 392 g/mol. The molecule has 1 amide bonds. The summed E-state index contributed by atoms with van der Waals surface area (Å²) < 4.78 is 11.4. The Kier molecular flexibility index (Phi) is 7.87. The molecular weight excluding hydrogens is 364 g/mol. The van der Waals surface area contributed by atoms with E-state index in [1.807, 2.05) is 54.6 Å². The first-order valence-electron chi connectivity index (χ1n) is 10.2. The largest absolute Gasteiger partial charge is 0.494 e. The van der Waals surface area contributed by atoms with Crippen molar-refractivity contribution in [3.05, 3.63) is 72.2 Å². The Hall–Kier alpha value is -3.08. The summed E-state index contributed by atoms with van der Waals surface area (Å²) in [6.07, 6.45) is 5.40. The number of ether oxygens (including phenoxy) is 1. The number of hydrogen-bond donors (Lipinski definition) is 1. The molecule has 1 aromatic heterocycles. The Morgan fingerprint density at radius 2 is 1.83 bits per heavy atom. The van der Waals surface area contributed by atoms with Gasteiger partial charge < -0.3 is 14.5 Å². The maximum atomic E-state index is 12.0. The summed E-state index contributed by atoms with van der Waals surface area (Å²) in [5.41, 5.74) is 2.23. The first-order chi connectivity index (χ1) is 14.2. The van der Waals surface area contributed by atoms with Crippen molar-refractivity contribution >= 4 is 5.91 Å². The predicted octanol–water partition coefficient (Wildman–Crippen LogP) is 4.95. The fourth-order valence-electron chi connectivity index (χ4n) is 2.93. The molecule has 0 atom stereocenters. The van der Waals surface area contributed by atoms with Gasteiger partial charge in [0, 0.05) is 24.9 Å². The van der Waals surface area contributed by atoms with E-state index in [0.29, 0.717) is 31.9 Å². The quantitative estimate of drug-likeness (QED) is 0.469. The highest BCUT2D eigenvalue weighted by atomic mass is 16.5. The van der Waals surface area contributed by atoms with E-state index in [1.54, 1.807) is 6.20 Å². The van der Waals surface area contributed by atoms with Gasteiger partial charge in [0.2, 0.25) is 5.91 Å². The number of rotatable bonds is 11. The Morgan fingerprint density at radius 1 is 1.03 bits per heavy atom. The standard InChI is InChI=1S/C24H28N2O3/c1-19-12-14-21(15-13-19)28-17-6-5-16-25-23(27)10-7-11-24-26-18-22(29-24)20-8-3-2-4-9-20/h2-4,8-9,12-15,18H,5-7,10-11,16-17H2,1H3,(H,25,27). The van der Waals surface area contributed by atoms with Gasteiger partial charge in [-0.05, 0) is 38.3 Å². The molecule has 3 rings (SSSR count). The zero-order chi connectivity index (χ0) is 20.3. The van der Waals surface area contributed by atoms with Crippen LogP contribution in [0.5, 0.6) is 5.75 Å². The molecule has 0 unspecified atom stereocenters. The van der Waals surface area contributed by atoms with Crippen LogP contribution in [0.25, 0.3) is 11.3 Å². The summed E-state index contributed by atoms with van der Waals surface area (Å²) in [5.74, 6) is 2.39. The van der Waals surface area contributed by atoms with Crippen molar-refractivity contribution in [1.29, 1.82) is 0 Å². The lowest BCUT2D eigenvalue weighted by Crippen LogP contribution is -2.24. The van der Waals surface area contributed by atoms with Gasteiger partial charge in [0.15, 0.2) is 11.7 Å². The fraction of sp³-hybridized carbons (Fsp3) is 0.333. The van der Waals surface area contributed by atoms with E-state index in [4.69, 9.17) is 9.15 Å². The van der Waals surface area contributed by atoms with E-state index >= 15 is 0 Å². The second-order valence-corrected chi connectivity index (χ2v) is 7.06. The zero-order valence-electron chi connectivity index (χ0n) is 16.9. The molecule has 0 aliphatic carbocycles. The minimum atomic E-state index is 0.0688. The van der Waals surface area contributed by atoms with Crippen LogP contribution in [-0.2, 0) is 11.2 Å². The van der Waals surface area contributed by atoms with Gasteiger partial charge in [-0.25, -0.2) is 4.98 Å². The third-order valence-electron chi connectivity index (χ3n) is 4.59. The van der Waals surface area contributed by atoms with E-state index < -0.39 is 0 Å². The lowest BCUT2D eigenvalue weighted by atomic mass is 10.2. The highest BCUT2D eigenvalue weighted by Crippen LogP contribution is 2.20. The summed E-state index contributed by atoms with van der Waals surface area (Å²) in [6, 6.07) is 17.9. The second-order valence-electron chi connectivity index (χ2n) is 7.06. The lowest BCUT2D eigenvalue weighted by molar-refractivity contribution is -0.121. The fourth-order valence-corrected chi connectivity index (χ4v) is 2.93. The minimum Gasteiger partial charge on any atom is -0.494 e. The first kappa shape index (κ1) is 20.6. The van der Waals surface area contributed by atoms with Crippen LogP contribution in [-0.4, -0.2) is 24.0 Å². The number of aryl methyl sites for hydroxylation is 2. The third-order valence-corrected chi connectivity index (χ3v) is 4.59. The molecular formula is C24H28N2O3. The number of nitrogens with zero attached hydrogens (tertiary/aromatic N) is 1. The van der Waals surface area contributed by atoms with Crippen molar-refractivity contribution in [2.75, 3.05) is 13.2 Å². The smallest absolute Gasteiger partial charge is 0.220 e. The van der Waals surface area contributed by atoms with Gasteiger partial charge in [-0.15, -0.1) is 0 Å². The van der Waals surface area contributed by atoms with E-state index in [2.05, 4.69) is 17.2 Å². The van der Waals surface area contributed by atoms with Crippen LogP contribution in [0.4, 0.5) is 0 Å². The summed E-state index contributed by atoms with van der Waals surface area (Å²) in [4.78, 5) is 16.3. The molecule has 0 bridgehead atoms. The minimum absolute atomic E-state index is 0.0688. The Bertz CT molecular complexity index is 873. The molecule has 0 aliphatic heterocycles. The summed E-state index contributed by atoms with van der Waals surface area (Å²) in [5, 5.41) is 2.96. The number of carbonyl (C=O) groups excluding carboxylic acids is 1. The highest BCUT2D eigenvalue weighted by molar-refractivity contribution is 5.75. The Balaban J connectivity index is 1.24. The molecule has 0 fully saturated rings. The number of oxazole rings is 1. The third kappa shape index (κ3) is 7.11. The predicted molar refractivity (Wildman–Crippen MR) is 114 cm³/mol. The van der Waals surface area contributed by atoms with E-state index in [0.717, 1.165) is 36.3 Å². The maximum absolute atomic E-state index is 12.0. The van der Waals surface area contributed by atoms with Crippen LogP contribution < -0.4 is 10.1 Å². The molecule has 1 heterocycles. The van der Waals surface area contributed by atoms with E-state index in [-0.39, 0.29) is 5.91 Å². The number of nitrogens with one attached hydrogen (secondary N) is 1. The van der Waals surface area contributed by atoms with Crippen molar-refractivity contribution in [2.45, 2.75) is 39.0 Å². The number of aromatic nitrogens is 1. The molecule has 0 aliphatic rings. The van der Waals surface area contributed by atoms with Gasteiger partial charge in [-0.3, -0.25) is 4.79 Å². The first-order valence-corrected chi connectivity index (χ1v) is 10.2. The average Bonchev–Trinajstić information content (AvgIpc) is 3.21. The second kappa shape index (κ2) is 11.1. The molecule has 0 saturated carbocycles. The van der Waals surface area contributed by atoms with Gasteiger partial charge in [0.25, 0.3) is 0 Å². The van der Waals surface area contributed by atoms with Gasteiger partial charge in [0.1, 0.15) is 5.75 Å². The van der Waals surface area contributed by atoms with E-state index in [9.17, 15) is 4.79 Å². The summed E-state index contributed by atoms with van der Waals surface area (Å²) in [6.45, 7) is 3.39. The molecule has 152 valence electrons. The topological polar surface area (TPSA) is 64.4 Å². The molecule has 0 radical (unpaired) electrons. The van der Waals surface area contributed by atoms with Crippen LogP contribution in [0, 0.1) is 6.92 Å². The molecule has 3 aromatic rings. The molecule has 0 saturated heterocycles. The SMILES string of the molecule is Cc1ccc(OCCCCNC(=O)CCCc2ncc(-c3ccccc3)o2)cc1. The van der Waals surface area contributed by atoms with Crippen molar-refractivity contribution in [3.8, 4) is 17.1 Å². The van der Waals surface area contributed by atoms with Crippen molar-refractivity contribution in [2.24, 2.45) is 0 Å². The zero-order valence-corrected chi connectivity index (χ0v) is 16.9. The molecule has 0 spiro atoms. The van der Waals surface area contributed by atoms with E-state index in [1.165, 1.54) is 5.56 Å². The van der Waals surface area contributed by atoms with Crippen LogP contribution in [0.2, 0.25) is 0 Å². The normalized spacial score (nSPS) is 10.7. The lowest BCUT2D eigenvalue weighted by Gasteiger charge is -2.07. The van der Waals surface area contributed by atoms with Crippen LogP contribution >= 0.6 is 0 Å². The van der Waals surface area contributed by atoms with Crippen molar-refractivity contribution < 1.29 is 13.9 Å². The van der Waals surface area contributed by atoms with Crippen LogP contribution in [0.3, 0.4) is 0 Å². The van der Waals surface area contributed by atoms with Crippen LogP contribution in [0.15, 0.2) is 65.2 Å². The Labute approximate surface area is 172 Å². The highest BCUT2D eigenvalue weighted by Gasteiger charge is 2.07. The van der Waals surface area contributed by atoms with Crippen molar-refractivity contribution in [1.82, 2.24) is 10.3 Å². The van der Waals surface area contributed by atoms with Crippen molar-refractivity contribution in [3.63, 3.8) is 0 Å².